The highest BCUT2D eigenvalue weighted by atomic mass is 19.4. The maximum Gasteiger partial charge on any atom is 0.405 e. The second kappa shape index (κ2) is 6.53. The predicted octanol–water partition coefficient (Wildman–Crippen LogP) is 1.97. The van der Waals surface area contributed by atoms with Crippen molar-refractivity contribution >= 4 is 5.82 Å². The number of aromatic nitrogens is 2. The van der Waals surface area contributed by atoms with E-state index in [9.17, 15) is 13.2 Å². The lowest BCUT2D eigenvalue weighted by molar-refractivity contribution is -0.119. The largest absolute Gasteiger partial charge is 0.405 e. The van der Waals surface area contributed by atoms with Gasteiger partial charge in [-0.25, -0.2) is 0 Å². The first kappa shape index (κ1) is 14.7. The van der Waals surface area contributed by atoms with Gasteiger partial charge in [-0.2, -0.15) is 18.3 Å². The van der Waals surface area contributed by atoms with Crippen LogP contribution in [-0.2, 0) is 6.54 Å². The quantitative estimate of drug-likeness (QED) is 0.796. The van der Waals surface area contributed by atoms with Crippen LogP contribution in [0.25, 0.3) is 0 Å². The van der Waals surface area contributed by atoms with E-state index >= 15 is 0 Å². The molecular formula is C11H17F3N4. The van der Waals surface area contributed by atoms with Crippen LogP contribution >= 0.6 is 0 Å². The minimum absolute atomic E-state index is 0.214. The Morgan fingerprint density at radius 3 is 2.50 bits per heavy atom. The molecule has 1 aromatic rings. The van der Waals surface area contributed by atoms with E-state index < -0.39 is 12.7 Å². The minimum Gasteiger partial charge on any atom is -0.349 e. The highest BCUT2D eigenvalue weighted by Crippen LogP contribution is 2.18. The molecule has 1 heterocycles. The zero-order valence-electron chi connectivity index (χ0n) is 10.5. The van der Waals surface area contributed by atoms with E-state index in [1.54, 1.807) is 12.1 Å². The molecule has 7 heteroatoms. The summed E-state index contributed by atoms with van der Waals surface area (Å²) in [4.78, 5) is 1.02. The van der Waals surface area contributed by atoms with E-state index in [1.807, 2.05) is 6.92 Å². The monoisotopic (exact) mass is 262 g/mol. The lowest BCUT2D eigenvalue weighted by Crippen LogP contribution is -2.31. The van der Waals surface area contributed by atoms with Gasteiger partial charge < -0.3 is 10.2 Å². The van der Waals surface area contributed by atoms with Gasteiger partial charge in [-0.3, -0.25) is 0 Å². The maximum absolute atomic E-state index is 12.2. The molecule has 0 bridgehead atoms. The Kier molecular flexibility index (Phi) is 5.33. The SMILES string of the molecule is CCCNCc1ccc(N(C)CC(F)(F)F)nn1. The molecular weight excluding hydrogens is 245 g/mol. The first-order valence-corrected chi connectivity index (χ1v) is 5.73. The van der Waals surface area contributed by atoms with Gasteiger partial charge in [-0.15, -0.1) is 5.10 Å². The zero-order chi connectivity index (χ0) is 13.6. The van der Waals surface area contributed by atoms with Crippen LogP contribution in [-0.4, -0.2) is 36.5 Å². The fourth-order valence-corrected chi connectivity index (χ4v) is 1.39. The van der Waals surface area contributed by atoms with E-state index in [0.717, 1.165) is 17.9 Å². The lowest BCUT2D eigenvalue weighted by Gasteiger charge is -2.19. The summed E-state index contributed by atoms with van der Waals surface area (Å²) in [6.45, 7) is 2.46. The molecule has 0 unspecified atom stereocenters. The zero-order valence-corrected chi connectivity index (χ0v) is 10.5. The number of alkyl halides is 3. The van der Waals surface area contributed by atoms with Crippen LogP contribution < -0.4 is 10.2 Å². The van der Waals surface area contributed by atoms with Gasteiger partial charge in [0.25, 0.3) is 0 Å². The fourth-order valence-electron chi connectivity index (χ4n) is 1.39. The Labute approximate surface area is 104 Å². The second-order valence-corrected chi connectivity index (χ2v) is 4.03. The molecule has 0 saturated carbocycles. The molecule has 0 aliphatic rings. The molecule has 0 amide bonds. The topological polar surface area (TPSA) is 41.0 Å². The van der Waals surface area contributed by atoms with Crippen molar-refractivity contribution in [3.8, 4) is 0 Å². The summed E-state index contributed by atoms with van der Waals surface area (Å²) in [5.41, 5.74) is 0.715. The number of nitrogens with zero attached hydrogens (tertiary/aromatic N) is 3. The smallest absolute Gasteiger partial charge is 0.349 e. The number of hydrogen-bond acceptors (Lipinski definition) is 4. The van der Waals surface area contributed by atoms with E-state index in [2.05, 4.69) is 15.5 Å². The highest BCUT2D eigenvalue weighted by molar-refractivity contribution is 5.36. The summed E-state index contributed by atoms with van der Waals surface area (Å²) in [6.07, 6.45) is -3.22. The molecule has 0 radical (unpaired) electrons. The third kappa shape index (κ3) is 5.31. The molecule has 1 rings (SSSR count). The average molecular weight is 262 g/mol. The van der Waals surface area contributed by atoms with Gasteiger partial charge >= 0.3 is 6.18 Å². The Balaban J connectivity index is 2.54. The third-order valence-corrected chi connectivity index (χ3v) is 2.25. The molecule has 0 atom stereocenters. The first-order chi connectivity index (χ1) is 8.42. The molecule has 0 spiro atoms. The molecule has 1 aromatic heterocycles. The van der Waals surface area contributed by atoms with Gasteiger partial charge in [-0.05, 0) is 25.1 Å². The number of anilines is 1. The van der Waals surface area contributed by atoms with Crippen molar-refractivity contribution in [3.63, 3.8) is 0 Å². The van der Waals surface area contributed by atoms with E-state index in [4.69, 9.17) is 0 Å². The Morgan fingerprint density at radius 1 is 1.28 bits per heavy atom. The van der Waals surface area contributed by atoms with E-state index in [0.29, 0.717) is 12.2 Å². The van der Waals surface area contributed by atoms with Crippen molar-refractivity contribution in [2.45, 2.75) is 26.1 Å². The first-order valence-electron chi connectivity index (χ1n) is 5.73. The van der Waals surface area contributed by atoms with E-state index in [1.165, 1.54) is 7.05 Å². The Morgan fingerprint density at radius 2 is 2.00 bits per heavy atom. The maximum atomic E-state index is 12.2. The van der Waals surface area contributed by atoms with Crippen LogP contribution in [0.15, 0.2) is 12.1 Å². The van der Waals surface area contributed by atoms with Crippen LogP contribution in [0, 0.1) is 0 Å². The summed E-state index contributed by atoms with van der Waals surface area (Å²) in [6, 6.07) is 3.22. The number of rotatable bonds is 6. The van der Waals surface area contributed by atoms with Crippen LogP contribution in [0.5, 0.6) is 0 Å². The molecule has 0 aliphatic heterocycles. The van der Waals surface area contributed by atoms with Gasteiger partial charge in [0.05, 0.1) is 5.69 Å². The number of nitrogens with one attached hydrogen (secondary N) is 1. The highest BCUT2D eigenvalue weighted by Gasteiger charge is 2.29. The fraction of sp³-hybridized carbons (Fsp3) is 0.636. The van der Waals surface area contributed by atoms with Gasteiger partial charge in [0.15, 0.2) is 5.82 Å². The molecule has 0 aromatic carbocycles. The molecule has 1 N–H and O–H groups in total. The standard InChI is InChI=1S/C11H17F3N4/c1-3-6-15-7-9-4-5-10(17-16-9)18(2)8-11(12,13)14/h4-5,15H,3,6-8H2,1-2H3. The molecule has 102 valence electrons. The lowest BCUT2D eigenvalue weighted by atomic mass is 10.3. The van der Waals surface area contributed by atoms with Crippen molar-refractivity contribution in [1.82, 2.24) is 15.5 Å². The third-order valence-electron chi connectivity index (χ3n) is 2.25. The van der Waals surface area contributed by atoms with Crippen molar-refractivity contribution in [2.75, 3.05) is 25.0 Å². The van der Waals surface area contributed by atoms with Crippen LogP contribution in [0.4, 0.5) is 19.0 Å². The predicted molar refractivity (Wildman–Crippen MR) is 63.4 cm³/mol. The summed E-state index contributed by atoms with van der Waals surface area (Å²) in [5, 5.41) is 10.8. The minimum atomic E-state index is -4.24. The van der Waals surface area contributed by atoms with Crippen molar-refractivity contribution in [2.24, 2.45) is 0 Å². The Hall–Kier alpha value is -1.37. The van der Waals surface area contributed by atoms with Gasteiger partial charge in [0.2, 0.25) is 0 Å². The summed E-state index contributed by atoms with van der Waals surface area (Å²) < 4.78 is 36.5. The van der Waals surface area contributed by atoms with Gasteiger partial charge in [-0.1, -0.05) is 6.92 Å². The van der Waals surface area contributed by atoms with Crippen molar-refractivity contribution in [3.05, 3.63) is 17.8 Å². The van der Waals surface area contributed by atoms with Gasteiger partial charge in [0, 0.05) is 13.6 Å². The van der Waals surface area contributed by atoms with Crippen LogP contribution in [0.2, 0.25) is 0 Å². The number of hydrogen-bond donors (Lipinski definition) is 1. The molecule has 18 heavy (non-hydrogen) atoms. The van der Waals surface area contributed by atoms with E-state index in [-0.39, 0.29) is 5.82 Å². The van der Waals surface area contributed by atoms with Gasteiger partial charge in [0.1, 0.15) is 6.54 Å². The molecule has 4 nitrogen and oxygen atoms in total. The second-order valence-electron chi connectivity index (χ2n) is 4.03. The molecule has 0 aliphatic carbocycles. The summed E-state index contributed by atoms with van der Waals surface area (Å²) in [5.74, 6) is 0.214. The summed E-state index contributed by atoms with van der Waals surface area (Å²) in [7, 11) is 1.34. The van der Waals surface area contributed by atoms with Crippen molar-refractivity contribution in [1.29, 1.82) is 0 Å². The molecule has 0 saturated heterocycles. The summed E-state index contributed by atoms with van der Waals surface area (Å²) >= 11 is 0. The average Bonchev–Trinajstić information content (AvgIpc) is 2.28. The number of halogens is 3. The van der Waals surface area contributed by atoms with Crippen LogP contribution in [0.1, 0.15) is 19.0 Å². The Bertz CT molecular complexity index is 350. The van der Waals surface area contributed by atoms with Crippen molar-refractivity contribution < 1.29 is 13.2 Å². The molecule has 0 fully saturated rings. The normalized spacial score (nSPS) is 11.6. The van der Waals surface area contributed by atoms with Crippen LogP contribution in [0.3, 0.4) is 0 Å².